The zero-order chi connectivity index (χ0) is 18.2. The van der Waals surface area contributed by atoms with Gasteiger partial charge >= 0.3 is 0 Å². The van der Waals surface area contributed by atoms with E-state index < -0.39 is 0 Å². The SMILES string of the molecule is CCC(=O)CSc1nnc(COc2ccc(CC)cc2)n1CC(C)C. The predicted molar refractivity (Wildman–Crippen MR) is 101 cm³/mol. The highest BCUT2D eigenvalue weighted by Crippen LogP contribution is 2.21. The number of benzene rings is 1. The van der Waals surface area contributed by atoms with E-state index in [0.717, 1.165) is 29.7 Å². The minimum absolute atomic E-state index is 0.220. The minimum atomic E-state index is 0.220. The molecule has 0 N–H and O–H groups in total. The first-order valence-electron chi connectivity index (χ1n) is 8.81. The first kappa shape index (κ1) is 19.5. The summed E-state index contributed by atoms with van der Waals surface area (Å²) in [5.74, 6) is 2.73. The van der Waals surface area contributed by atoms with E-state index in [9.17, 15) is 4.79 Å². The van der Waals surface area contributed by atoms with Crippen LogP contribution in [0.15, 0.2) is 29.4 Å². The number of carbonyl (C=O) groups is 1. The lowest BCUT2D eigenvalue weighted by atomic mass is 10.2. The third-order valence-electron chi connectivity index (χ3n) is 3.80. The number of carbonyl (C=O) groups excluding carboxylic acids is 1. The minimum Gasteiger partial charge on any atom is -0.486 e. The van der Waals surface area contributed by atoms with Gasteiger partial charge in [0.2, 0.25) is 0 Å². The monoisotopic (exact) mass is 361 g/mol. The largest absolute Gasteiger partial charge is 0.486 e. The Hall–Kier alpha value is -1.82. The molecule has 0 aliphatic heterocycles. The van der Waals surface area contributed by atoms with Gasteiger partial charge in [-0.05, 0) is 30.0 Å². The third kappa shape index (κ3) is 5.88. The standard InChI is InChI=1S/C19H27N3O2S/c1-5-15-7-9-17(10-8-15)24-12-18-20-21-19(22(18)11-14(3)4)25-13-16(23)6-2/h7-10,14H,5-6,11-13H2,1-4H3. The van der Waals surface area contributed by atoms with Crippen LogP contribution in [0.1, 0.15) is 45.5 Å². The Balaban J connectivity index is 2.07. The van der Waals surface area contributed by atoms with Gasteiger partial charge in [-0.2, -0.15) is 0 Å². The van der Waals surface area contributed by atoms with Crippen molar-refractivity contribution < 1.29 is 9.53 Å². The highest BCUT2D eigenvalue weighted by molar-refractivity contribution is 7.99. The Morgan fingerprint density at radius 1 is 1.20 bits per heavy atom. The molecule has 0 radical (unpaired) electrons. The summed E-state index contributed by atoms with van der Waals surface area (Å²) in [5, 5.41) is 9.32. The lowest BCUT2D eigenvalue weighted by Gasteiger charge is -2.13. The Bertz CT molecular complexity index is 680. The van der Waals surface area contributed by atoms with E-state index in [1.54, 1.807) is 0 Å². The van der Waals surface area contributed by atoms with Crippen molar-refractivity contribution in [1.29, 1.82) is 0 Å². The second kappa shape index (κ2) is 9.61. The molecular weight excluding hydrogens is 334 g/mol. The lowest BCUT2D eigenvalue weighted by molar-refractivity contribution is -0.116. The Labute approximate surface area is 154 Å². The molecule has 6 heteroatoms. The second-order valence-electron chi connectivity index (χ2n) is 6.37. The maximum absolute atomic E-state index is 11.6. The molecule has 5 nitrogen and oxygen atoms in total. The summed E-state index contributed by atoms with van der Waals surface area (Å²) in [4.78, 5) is 11.6. The lowest BCUT2D eigenvalue weighted by Crippen LogP contribution is -2.12. The van der Waals surface area contributed by atoms with Crippen LogP contribution in [0.5, 0.6) is 5.75 Å². The van der Waals surface area contributed by atoms with Crippen LogP contribution in [-0.2, 0) is 24.4 Å². The summed E-state index contributed by atoms with van der Waals surface area (Å²) in [5.41, 5.74) is 1.29. The number of nitrogens with zero attached hydrogens (tertiary/aromatic N) is 3. The van der Waals surface area contributed by atoms with Crippen LogP contribution in [0.4, 0.5) is 0 Å². The van der Waals surface area contributed by atoms with E-state index in [-0.39, 0.29) is 5.78 Å². The van der Waals surface area contributed by atoms with Gasteiger partial charge in [-0.25, -0.2) is 0 Å². The molecule has 0 amide bonds. The third-order valence-corrected chi connectivity index (χ3v) is 4.82. The Morgan fingerprint density at radius 3 is 2.52 bits per heavy atom. The number of aromatic nitrogens is 3. The fourth-order valence-electron chi connectivity index (χ4n) is 2.30. The number of hydrogen-bond donors (Lipinski definition) is 0. The van der Waals surface area contributed by atoms with Crippen LogP contribution in [0.2, 0.25) is 0 Å². The Kier molecular flexibility index (Phi) is 7.50. The van der Waals surface area contributed by atoms with Crippen molar-refractivity contribution in [1.82, 2.24) is 14.8 Å². The van der Waals surface area contributed by atoms with E-state index in [2.05, 4.69) is 47.7 Å². The number of hydrogen-bond acceptors (Lipinski definition) is 5. The van der Waals surface area contributed by atoms with E-state index in [0.29, 0.717) is 24.7 Å². The molecule has 0 fully saturated rings. The van der Waals surface area contributed by atoms with Gasteiger partial charge in [0.25, 0.3) is 0 Å². The van der Waals surface area contributed by atoms with Crippen molar-refractivity contribution in [3.8, 4) is 5.75 Å². The summed E-state index contributed by atoms with van der Waals surface area (Å²) in [6.45, 7) is 9.49. The van der Waals surface area contributed by atoms with Gasteiger partial charge in [0.05, 0.1) is 5.75 Å². The van der Waals surface area contributed by atoms with Crippen molar-refractivity contribution in [2.45, 2.75) is 58.8 Å². The van der Waals surface area contributed by atoms with Crippen molar-refractivity contribution in [2.24, 2.45) is 5.92 Å². The average Bonchev–Trinajstić information content (AvgIpc) is 2.99. The van der Waals surface area contributed by atoms with Gasteiger partial charge in [0.1, 0.15) is 18.1 Å². The molecule has 0 spiro atoms. The molecule has 0 bridgehead atoms. The van der Waals surface area contributed by atoms with Crippen molar-refractivity contribution >= 4 is 17.5 Å². The van der Waals surface area contributed by atoms with E-state index in [4.69, 9.17) is 4.74 Å². The Morgan fingerprint density at radius 2 is 1.92 bits per heavy atom. The molecule has 2 rings (SSSR count). The molecule has 2 aromatic rings. The summed E-state index contributed by atoms with van der Waals surface area (Å²) in [6, 6.07) is 8.12. The zero-order valence-corrected chi connectivity index (χ0v) is 16.3. The number of aryl methyl sites for hydroxylation is 1. The highest BCUT2D eigenvalue weighted by Gasteiger charge is 2.15. The van der Waals surface area contributed by atoms with Crippen LogP contribution >= 0.6 is 11.8 Å². The first-order chi connectivity index (χ1) is 12.0. The molecule has 0 aliphatic carbocycles. The molecule has 1 aromatic heterocycles. The second-order valence-corrected chi connectivity index (χ2v) is 7.31. The van der Waals surface area contributed by atoms with Crippen LogP contribution in [-0.4, -0.2) is 26.3 Å². The fraction of sp³-hybridized carbons (Fsp3) is 0.526. The van der Waals surface area contributed by atoms with Crippen LogP contribution in [0.25, 0.3) is 0 Å². The zero-order valence-electron chi connectivity index (χ0n) is 15.5. The summed E-state index contributed by atoms with van der Waals surface area (Å²) in [6.07, 6.45) is 1.56. The number of ether oxygens (including phenoxy) is 1. The smallest absolute Gasteiger partial charge is 0.191 e. The van der Waals surface area contributed by atoms with Gasteiger partial charge in [-0.3, -0.25) is 4.79 Å². The van der Waals surface area contributed by atoms with E-state index in [1.165, 1.54) is 17.3 Å². The molecule has 136 valence electrons. The fourth-order valence-corrected chi connectivity index (χ4v) is 3.23. The van der Waals surface area contributed by atoms with Gasteiger partial charge < -0.3 is 9.30 Å². The molecule has 0 unspecified atom stereocenters. The summed E-state index contributed by atoms with van der Waals surface area (Å²) >= 11 is 1.45. The van der Waals surface area contributed by atoms with Crippen molar-refractivity contribution in [3.63, 3.8) is 0 Å². The summed E-state index contributed by atoms with van der Waals surface area (Å²) < 4.78 is 7.94. The van der Waals surface area contributed by atoms with Crippen molar-refractivity contribution in [2.75, 3.05) is 5.75 Å². The molecule has 0 saturated heterocycles. The van der Waals surface area contributed by atoms with Gasteiger partial charge in [0, 0.05) is 13.0 Å². The topological polar surface area (TPSA) is 57.0 Å². The maximum Gasteiger partial charge on any atom is 0.191 e. The number of ketones is 1. The predicted octanol–water partition coefficient (Wildman–Crippen LogP) is 4.15. The van der Waals surface area contributed by atoms with Crippen LogP contribution in [0.3, 0.4) is 0 Å². The molecule has 0 aliphatic rings. The molecule has 25 heavy (non-hydrogen) atoms. The van der Waals surface area contributed by atoms with Gasteiger partial charge in [-0.1, -0.05) is 51.6 Å². The van der Waals surface area contributed by atoms with Gasteiger partial charge in [0.15, 0.2) is 11.0 Å². The van der Waals surface area contributed by atoms with Crippen molar-refractivity contribution in [3.05, 3.63) is 35.7 Å². The first-order valence-corrected chi connectivity index (χ1v) is 9.80. The number of Topliss-reactive ketones (excluding diaryl/α,β-unsaturated/α-hetero) is 1. The molecular formula is C19H27N3O2S. The quantitative estimate of drug-likeness (QED) is 0.595. The average molecular weight is 362 g/mol. The highest BCUT2D eigenvalue weighted by atomic mass is 32.2. The van der Waals surface area contributed by atoms with Crippen LogP contribution < -0.4 is 4.74 Å². The normalized spacial score (nSPS) is 11.1. The van der Waals surface area contributed by atoms with Crippen LogP contribution in [0, 0.1) is 5.92 Å². The van der Waals surface area contributed by atoms with Gasteiger partial charge in [-0.15, -0.1) is 10.2 Å². The number of rotatable bonds is 10. The molecule has 1 aromatic carbocycles. The number of thioether (sulfide) groups is 1. The molecule has 0 atom stereocenters. The molecule has 1 heterocycles. The van der Waals surface area contributed by atoms with E-state index >= 15 is 0 Å². The maximum atomic E-state index is 11.6. The molecule has 0 saturated carbocycles. The summed E-state index contributed by atoms with van der Waals surface area (Å²) in [7, 11) is 0. The van der Waals surface area contributed by atoms with E-state index in [1.807, 2.05) is 19.1 Å².